The monoisotopic (exact) mass is 504 g/mol. The van der Waals surface area contributed by atoms with Gasteiger partial charge in [0.2, 0.25) is 0 Å². The molecule has 5 fully saturated rings. The Hall–Kier alpha value is -1.36. The fourth-order valence-electron chi connectivity index (χ4n) is 8.42. The van der Waals surface area contributed by atoms with E-state index in [0.717, 1.165) is 29.4 Å². The van der Waals surface area contributed by atoms with Crippen LogP contribution in [0.3, 0.4) is 0 Å². The van der Waals surface area contributed by atoms with Crippen LogP contribution in [0.25, 0.3) is 0 Å². The van der Waals surface area contributed by atoms with Crippen LogP contribution >= 0.6 is 24.0 Å². The largest absolute Gasteiger partial charge is 0.376 e. The molecule has 0 radical (unpaired) electrons. The van der Waals surface area contributed by atoms with Crippen LogP contribution < -0.4 is 11.1 Å². The summed E-state index contributed by atoms with van der Waals surface area (Å²) in [4.78, 5) is 1.20. The molecule has 3 N–H and O–H groups in total. The Balaban J connectivity index is 1.23. The van der Waals surface area contributed by atoms with Gasteiger partial charge >= 0.3 is 0 Å². The minimum absolute atomic E-state index is 0.186. The third-order valence-electron chi connectivity index (χ3n) is 9.89. The van der Waals surface area contributed by atoms with E-state index in [1.807, 2.05) is 0 Å². The summed E-state index contributed by atoms with van der Waals surface area (Å²) in [5, 5.41) is 4.71. The van der Waals surface area contributed by atoms with E-state index in [1.54, 1.807) is 5.56 Å². The molecular formula is C31H40N2S2. The summed E-state index contributed by atoms with van der Waals surface area (Å²) in [6, 6.07) is 23.1. The zero-order valence-corrected chi connectivity index (χ0v) is 22.5. The van der Waals surface area contributed by atoms with E-state index in [1.165, 1.54) is 68.3 Å². The molecule has 7 rings (SSSR count). The summed E-state index contributed by atoms with van der Waals surface area (Å²) >= 11 is 8.55. The van der Waals surface area contributed by atoms with Crippen molar-refractivity contribution in [1.82, 2.24) is 5.32 Å². The maximum atomic E-state index is 6.32. The van der Waals surface area contributed by atoms with Crippen molar-refractivity contribution >= 4 is 29.0 Å². The Labute approximate surface area is 221 Å². The maximum Gasteiger partial charge on any atom is 0.0818 e. The minimum atomic E-state index is 0.186. The van der Waals surface area contributed by atoms with Gasteiger partial charge in [0, 0.05) is 22.5 Å². The molecular weight excluding hydrogens is 464 g/mol. The number of hydrogen-bond acceptors (Lipinski definition) is 3. The van der Waals surface area contributed by atoms with Crippen molar-refractivity contribution in [2.45, 2.75) is 80.2 Å². The van der Waals surface area contributed by atoms with Gasteiger partial charge in [0.15, 0.2) is 0 Å². The first-order valence-corrected chi connectivity index (χ1v) is 15.3. The molecule has 5 aliphatic carbocycles. The number of thiocarbonyl (C=S) groups is 1. The smallest absolute Gasteiger partial charge is 0.0818 e. The van der Waals surface area contributed by atoms with Crippen molar-refractivity contribution in [2.75, 3.05) is 6.54 Å². The van der Waals surface area contributed by atoms with E-state index >= 15 is 0 Å². The fourth-order valence-corrected chi connectivity index (χ4v) is 10.3. The number of nitrogens with two attached hydrogens (primary N) is 1. The van der Waals surface area contributed by atoms with Crippen molar-refractivity contribution < 1.29 is 0 Å². The average molecular weight is 505 g/mol. The van der Waals surface area contributed by atoms with Gasteiger partial charge < -0.3 is 11.1 Å². The zero-order chi connectivity index (χ0) is 23.9. The first kappa shape index (κ1) is 24.0. The van der Waals surface area contributed by atoms with Gasteiger partial charge in [-0.2, -0.15) is 11.8 Å². The summed E-state index contributed by atoms with van der Waals surface area (Å²) in [7, 11) is 0. The molecule has 0 aromatic heterocycles. The summed E-state index contributed by atoms with van der Waals surface area (Å²) in [5.41, 5.74) is 9.47. The van der Waals surface area contributed by atoms with Crippen LogP contribution in [0.5, 0.6) is 0 Å². The van der Waals surface area contributed by atoms with E-state index in [-0.39, 0.29) is 5.41 Å². The molecule has 0 saturated heterocycles. The quantitative estimate of drug-likeness (QED) is 0.404. The number of hydrogen-bond donors (Lipinski definition) is 2. The normalized spacial score (nSPS) is 37.8. The molecule has 0 amide bonds. The predicted octanol–water partition coefficient (Wildman–Crippen LogP) is 6.87. The lowest BCUT2D eigenvalue weighted by Crippen LogP contribution is -2.63. The Bertz CT molecular complexity index is 999. The molecule has 2 aromatic carbocycles. The highest BCUT2D eigenvalue weighted by Crippen LogP contribution is 2.68. The van der Waals surface area contributed by atoms with E-state index in [4.69, 9.17) is 18.0 Å². The van der Waals surface area contributed by atoms with Gasteiger partial charge in [-0.15, -0.1) is 0 Å². The molecule has 0 heterocycles. The highest BCUT2D eigenvalue weighted by atomic mass is 32.2. The van der Waals surface area contributed by atoms with Crippen molar-refractivity contribution in [1.29, 1.82) is 0 Å². The van der Waals surface area contributed by atoms with Gasteiger partial charge in [-0.1, -0.05) is 72.9 Å². The summed E-state index contributed by atoms with van der Waals surface area (Å²) < 4.78 is 0. The van der Waals surface area contributed by atoms with Gasteiger partial charge in [-0.3, -0.25) is 0 Å². The molecule has 35 heavy (non-hydrogen) atoms. The van der Waals surface area contributed by atoms with Gasteiger partial charge in [0.05, 0.1) is 4.99 Å². The molecule has 2 atom stereocenters. The van der Waals surface area contributed by atoms with Crippen molar-refractivity contribution in [2.24, 2.45) is 28.9 Å². The molecule has 0 spiro atoms. The van der Waals surface area contributed by atoms with Crippen LogP contribution in [0.2, 0.25) is 0 Å². The lowest BCUT2D eigenvalue weighted by Gasteiger charge is -2.65. The molecule has 2 nitrogen and oxygen atoms in total. The van der Waals surface area contributed by atoms with E-state index in [0.29, 0.717) is 17.4 Å². The SMILES string of the molecule is NCC1CCC(NC(=S)C23CC4CC(c5ccccc5)(CC(C2)C4SCc2ccccc2)C3)CC1. The predicted molar refractivity (Wildman–Crippen MR) is 153 cm³/mol. The lowest BCUT2D eigenvalue weighted by atomic mass is 9.42. The highest BCUT2D eigenvalue weighted by molar-refractivity contribution is 7.99. The van der Waals surface area contributed by atoms with Gasteiger partial charge in [0.1, 0.15) is 0 Å². The van der Waals surface area contributed by atoms with Crippen molar-refractivity contribution in [3.63, 3.8) is 0 Å². The molecule has 5 aliphatic rings. The minimum Gasteiger partial charge on any atom is -0.376 e. The summed E-state index contributed by atoms with van der Waals surface area (Å²) in [5.74, 6) is 3.37. The van der Waals surface area contributed by atoms with Crippen LogP contribution in [-0.2, 0) is 11.2 Å². The number of rotatable bonds is 7. The third kappa shape index (κ3) is 4.60. The Morgan fingerprint density at radius 2 is 1.51 bits per heavy atom. The zero-order valence-electron chi connectivity index (χ0n) is 20.8. The fraction of sp³-hybridized carbons (Fsp3) is 0.581. The first-order valence-electron chi connectivity index (χ1n) is 13.8. The van der Waals surface area contributed by atoms with Crippen LogP contribution in [0.4, 0.5) is 0 Å². The van der Waals surface area contributed by atoms with Gasteiger partial charge in [-0.25, -0.2) is 0 Å². The van der Waals surface area contributed by atoms with Crippen molar-refractivity contribution in [3.05, 3.63) is 71.8 Å². The third-order valence-corrected chi connectivity index (χ3v) is 12.1. The Kier molecular flexibility index (Phi) is 6.75. The van der Waals surface area contributed by atoms with E-state index < -0.39 is 0 Å². The van der Waals surface area contributed by atoms with Gasteiger partial charge in [0.25, 0.3) is 0 Å². The number of thioether (sulfide) groups is 1. The summed E-state index contributed by atoms with van der Waals surface area (Å²) in [6.07, 6.45) is 11.5. The van der Waals surface area contributed by atoms with Crippen LogP contribution in [0, 0.1) is 23.2 Å². The molecule has 2 aromatic rings. The second-order valence-electron chi connectivity index (χ2n) is 12.1. The molecule has 186 valence electrons. The topological polar surface area (TPSA) is 38.0 Å². The first-order chi connectivity index (χ1) is 17.1. The molecule has 5 saturated carbocycles. The highest BCUT2D eigenvalue weighted by Gasteiger charge is 2.63. The maximum absolute atomic E-state index is 6.32. The summed E-state index contributed by atoms with van der Waals surface area (Å²) in [6.45, 7) is 0.839. The second kappa shape index (κ2) is 9.84. The van der Waals surface area contributed by atoms with E-state index in [2.05, 4.69) is 77.7 Å². The molecule has 4 heteroatoms. The van der Waals surface area contributed by atoms with E-state index in [9.17, 15) is 0 Å². The molecule has 0 aliphatic heterocycles. The molecule has 4 bridgehead atoms. The lowest BCUT2D eigenvalue weighted by molar-refractivity contribution is -0.0298. The van der Waals surface area contributed by atoms with Crippen LogP contribution in [-0.4, -0.2) is 22.8 Å². The molecule has 2 unspecified atom stereocenters. The average Bonchev–Trinajstić information content (AvgIpc) is 2.89. The number of benzene rings is 2. The van der Waals surface area contributed by atoms with Crippen LogP contribution in [0.15, 0.2) is 60.7 Å². The Morgan fingerprint density at radius 3 is 2.14 bits per heavy atom. The Morgan fingerprint density at radius 1 is 0.886 bits per heavy atom. The second-order valence-corrected chi connectivity index (χ2v) is 13.7. The van der Waals surface area contributed by atoms with Crippen LogP contribution in [0.1, 0.15) is 68.9 Å². The standard InChI is InChI=1S/C31H40N2S2/c32-19-22-11-13-27(14-12-22)33-29(34)31-17-24-15-30(21-31,26-9-5-2-6-10-26)16-25(18-31)28(24)35-20-23-7-3-1-4-8-23/h1-10,22,24-25,27-28H,11-21,32H2,(H,33,34). The van der Waals surface area contributed by atoms with Gasteiger partial charge in [-0.05, 0) is 98.6 Å². The van der Waals surface area contributed by atoms with Crippen molar-refractivity contribution in [3.8, 4) is 0 Å². The number of nitrogens with one attached hydrogen (secondary N) is 1.